The predicted octanol–water partition coefficient (Wildman–Crippen LogP) is 5.10. The van der Waals surface area contributed by atoms with Crippen LogP contribution in [0, 0.1) is 6.92 Å². The number of nitrogens with one attached hydrogen (secondary N) is 2. The van der Waals surface area contributed by atoms with Gasteiger partial charge < -0.3 is 10.1 Å². The standard InChI is InChI=1S/C22H21ClN2O4S/c1-3-29-18-6-4-5-16(13-18)24-22(26)20-12-9-17(14-21(20)23)25-30(27,28)19-10-7-15(2)8-11-19/h4-14,25H,3H2,1-2H3,(H,24,26). The highest BCUT2D eigenvalue weighted by Crippen LogP contribution is 2.25. The molecule has 0 aliphatic heterocycles. The molecule has 0 radical (unpaired) electrons. The number of carbonyl (C=O) groups is 1. The van der Waals surface area contributed by atoms with Crippen LogP contribution in [-0.2, 0) is 10.0 Å². The number of anilines is 2. The van der Waals surface area contributed by atoms with E-state index >= 15 is 0 Å². The van der Waals surface area contributed by atoms with E-state index in [0.29, 0.717) is 18.0 Å². The summed E-state index contributed by atoms with van der Waals surface area (Å²) < 4.78 is 32.9. The molecule has 2 N–H and O–H groups in total. The molecular weight excluding hydrogens is 424 g/mol. The Bertz CT molecular complexity index is 1160. The molecule has 0 aromatic heterocycles. The predicted molar refractivity (Wildman–Crippen MR) is 119 cm³/mol. The molecule has 0 unspecified atom stereocenters. The number of ether oxygens (including phenoxy) is 1. The molecule has 0 heterocycles. The number of carbonyl (C=O) groups excluding carboxylic acids is 1. The Morgan fingerprint density at radius 1 is 1.00 bits per heavy atom. The maximum absolute atomic E-state index is 12.6. The summed E-state index contributed by atoms with van der Waals surface area (Å²) in [6, 6.07) is 17.9. The van der Waals surface area contributed by atoms with Crippen LogP contribution in [0.4, 0.5) is 11.4 Å². The van der Waals surface area contributed by atoms with Gasteiger partial charge in [0.05, 0.1) is 27.8 Å². The summed E-state index contributed by atoms with van der Waals surface area (Å²) in [5, 5.41) is 2.88. The lowest BCUT2D eigenvalue weighted by Gasteiger charge is -2.11. The van der Waals surface area contributed by atoms with Gasteiger partial charge in [0.2, 0.25) is 0 Å². The second kappa shape index (κ2) is 9.19. The lowest BCUT2D eigenvalue weighted by atomic mass is 10.2. The van der Waals surface area contributed by atoms with E-state index < -0.39 is 15.9 Å². The van der Waals surface area contributed by atoms with E-state index in [0.717, 1.165) is 5.56 Å². The normalized spacial score (nSPS) is 11.0. The number of amides is 1. The highest BCUT2D eigenvalue weighted by molar-refractivity contribution is 7.92. The zero-order valence-electron chi connectivity index (χ0n) is 16.5. The average Bonchev–Trinajstić information content (AvgIpc) is 2.68. The zero-order chi connectivity index (χ0) is 21.7. The smallest absolute Gasteiger partial charge is 0.261 e. The minimum atomic E-state index is -3.76. The van der Waals surface area contributed by atoms with Crippen molar-refractivity contribution in [2.45, 2.75) is 18.7 Å². The molecule has 156 valence electrons. The fourth-order valence-corrected chi connectivity index (χ4v) is 4.04. The topological polar surface area (TPSA) is 84.5 Å². The number of hydrogen-bond acceptors (Lipinski definition) is 4. The number of rotatable bonds is 7. The number of sulfonamides is 1. The largest absolute Gasteiger partial charge is 0.494 e. The van der Waals surface area contributed by atoms with Crippen LogP contribution in [-0.4, -0.2) is 20.9 Å². The minimum absolute atomic E-state index is 0.123. The third-order valence-electron chi connectivity index (χ3n) is 4.20. The minimum Gasteiger partial charge on any atom is -0.494 e. The van der Waals surface area contributed by atoms with E-state index in [1.165, 1.54) is 30.3 Å². The molecule has 6 nitrogen and oxygen atoms in total. The Hall–Kier alpha value is -3.03. The fraction of sp³-hybridized carbons (Fsp3) is 0.136. The molecular formula is C22H21ClN2O4S. The third-order valence-corrected chi connectivity index (χ3v) is 5.91. The van der Waals surface area contributed by atoms with Gasteiger partial charge in [-0.15, -0.1) is 0 Å². The van der Waals surface area contributed by atoms with Gasteiger partial charge in [0.25, 0.3) is 15.9 Å². The number of aryl methyl sites for hydroxylation is 1. The molecule has 0 aliphatic carbocycles. The molecule has 3 rings (SSSR count). The number of halogens is 1. The van der Waals surface area contributed by atoms with Crippen molar-refractivity contribution in [3.63, 3.8) is 0 Å². The van der Waals surface area contributed by atoms with Gasteiger partial charge in [-0.2, -0.15) is 0 Å². The highest BCUT2D eigenvalue weighted by atomic mass is 35.5. The zero-order valence-corrected chi connectivity index (χ0v) is 18.0. The Morgan fingerprint density at radius 3 is 2.40 bits per heavy atom. The maximum atomic E-state index is 12.6. The van der Waals surface area contributed by atoms with Crippen LogP contribution in [0.5, 0.6) is 5.75 Å². The highest BCUT2D eigenvalue weighted by Gasteiger charge is 2.16. The summed E-state index contributed by atoms with van der Waals surface area (Å²) in [4.78, 5) is 12.7. The summed E-state index contributed by atoms with van der Waals surface area (Å²) in [7, 11) is -3.76. The summed E-state index contributed by atoms with van der Waals surface area (Å²) in [5.74, 6) is 0.226. The Labute approximate surface area is 180 Å². The second-order valence-corrected chi connectivity index (χ2v) is 8.62. The van der Waals surface area contributed by atoms with Crippen LogP contribution in [0.1, 0.15) is 22.8 Å². The molecule has 30 heavy (non-hydrogen) atoms. The van der Waals surface area contributed by atoms with E-state index in [2.05, 4.69) is 10.0 Å². The third kappa shape index (κ3) is 5.31. The lowest BCUT2D eigenvalue weighted by Crippen LogP contribution is -2.15. The first-order valence-electron chi connectivity index (χ1n) is 9.22. The molecule has 1 amide bonds. The van der Waals surface area contributed by atoms with Gasteiger partial charge in [0, 0.05) is 11.8 Å². The van der Waals surface area contributed by atoms with E-state index in [1.807, 2.05) is 13.8 Å². The van der Waals surface area contributed by atoms with Crippen molar-refractivity contribution in [1.82, 2.24) is 0 Å². The monoisotopic (exact) mass is 444 g/mol. The van der Waals surface area contributed by atoms with Crippen molar-refractivity contribution in [2.24, 2.45) is 0 Å². The first-order valence-corrected chi connectivity index (χ1v) is 11.1. The summed E-state index contributed by atoms with van der Waals surface area (Å²) in [5.41, 5.74) is 2.00. The van der Waals surface area contributed by atoms with Crippen LogP contribution >= 0.6 is 11.6 Å². The van der Waals surface area contributed by atoms with E-state index in [9.17, 15) is 13.2 Å². The van der Waals surface area contributed by atoms with Crippen LogP contribution in [0.3, 0.4) is 0 Å². The lowest BCUT2D eigenvalue weighted by molar-refractivity contribution is 0.102. The van der Waals surface area contributed by atoms with Gasteiger partial charge in [-0.3, -0.25) is 9.52 Å². The summed E-state index contributed by atoms with van der Waals surface area (Å²) in [6.45, 7) is 4.27. The number of benzene rings is 3. The van der Waals surface area contributed by atoms with Crippen molar-refractivity contribution in [1.29, 1.82) is 0 Å². The molecule has 3 aromatic rings. The molecule has 0 saturated carbocycles. The Kier molecular flexibility index (Phi) is 6.64. The first-order chi connectivity index (χ1) is 14.3. The molecule has 0 saturated heterocycles. The van der Waals surface area contributed by atoms with Crippen molar-refractivity contribution >= 4 is 38.9 Å². The Morgan fingerprint density at radius 2 is 1.73 bits per heavy atom. The summed E-state index contributed by atoms with van der Waals surface area (Å²) >= 11 is 6.25. The van der Waals surface area contributed by atoms with Gasteiger partial charge in [-0.25, -0.2) is 8.42 Å². The van der Waals surface area contributed by atoms with Crippen molar-refractivity contribution in [3.05, 3.63) is 82.9 Å². The van der Waals surface area contributed by atoms with Gasteiger partial charge in [0.1, 0.15) is 5.75 Å². The van der Waals surface area contributed by atoms with Gasteiger partial charge in [-0.05, 0) is 56.3 Å². The maximum Gasteiger partial charge on any atom is 0.261 e. The molecule has 3 aromatic carbocycles. The van der Waals surface area contributed by atoms with Gasteiger partial charge >= 0.3 is 0 Å². The van der Waals surface area contributed by atoms with Crippen molar-refractivity contribution in [2.75, 3.05) is 16.6 Å². The van der Waals surface area contributed by atoms with Crippen LogP contribution in [0.15, 0.2) is 71.6 Å². The fourth-order valence-electron chi connectivity index (χ4n) is 2.72. The van der Waals surface area contributed by atoms with Gasteiger partial charge in [-0.1, -0.05) is 35.4 Å². The second-order valence-electron chi connectivity index (χ2n) is 6.53. The van der Waals surface area contributed by atoms with Crippen LogP contribution in [0.25, 0.3) is 0 Å². The number of hydrogen-bond donors (Lipinski definition) is 2. The molecule has 0 atom stereocenters. The van der Waals surface area contributed by atoms with E-state index in [1.54, 1.807) is 36.4 Å². The molecule has 8 heteroatoms. The van der Waals surface area contributed by atoms with Crippen LogP contribution in [0.2, 0.25) is 5.02 Å². The first kappa shape index (κ1) is 21.7. The van der Waals surface area contributed by atoms with Crippen LogP contribution < -0.4 is 14.8 Å². The molecule has 0 bridgehead atoms. The molecule has 0 spiro atoms. The molecule has 0 aliphatic rings. The average molecular weight is 445 g/mol. The summed E-state index contributed by atoms with van der Waals surface area (Å²) in [6.07, 6.45) is 0. The van der Waals surface area contributed by atoms with Crippen molar-refractivity contribution < 1.29 is 17.9 Å². The van der Waals surface area contributed by atoms with E-state index in [-0.39, 0.29) is 21.2 Å². The van der Waals surface area contributed by atoms with Crippen molar-refractivity contribution in [3.8, 4) is 5.75 Å². The molecule has 0 fully saturated rings. The van der Waals surface area contributed by atoms with Gasteiger partial charge in [0.15, 0.2) is 0 Å². The SMILES string of the molecule is CCOc1cccc(NC(=O)c2ccc(NS(=O)(=O)c3ccc(C)cc3)cc2Cl)c1. The quantitative estimate of drug-likeness (QED) is 0.531. The van der Waals surface area contributed by atoms with E-state index in [4.69, 9.17) is 16.3 Å². The Balaban J connectivity index is 1.75.